The van der Waals surface area contributed by atoms with Crippen molar-refractivity contribution in [1.29, 1.82) is 0 Å². The fourth-order valence-corrected chi connectivity index (χ4v) is 3.55. The summed E-state index contributed by atoms with van der Waals surface area (Å²) in [6.45, 7) is 9.47. The maximum absolute atomic E-state index is 10.4. The van der Waals surface area contributed by atoms with E-state index < -0.39 is 0 Å². The van der Waals surface area contributed by atoms with E-state index in [1.807, 2.05) is 12.1 Å². The molecule has 2 atom stereocenters. The van der Waals surface area contributed by atoms with Crippen LogP contribution in [0.3, 0.4) is 0 Å². The van der Waals surface area contributed by atoms with Gasteiger partial charge in [0.05, 0.1) is 0 Å². The van der Waals surface area contributed by atoms with Crippen LogP contribution in [-0.2, 0) is 6.54 Å². The highest BCUT2D eigenvalue weighted by Gasteiger charge is 2.20. The minimum atomic E-state index is 0.250. The number of benzene rings is 1. The van der Waals surface area contributed by atoms with Crippen LogP contribution in [0.1, 0.15) is 76.3 Å². The van der Waals surface area contributed by atoms with Crippen LogP contribution in [0.15, 0.2) is 12.1 Å². The van der Waals surface area contributed by atoms with Crippen molar-refractivity contribution in [3.8, 4) is 11.5 Å². The van der Waals surface area contributed by atoms with Crippen molar-refractivity contribution in [1.82, 2.24) is 4.90 Å². The lowest BCUT2D eigenvalue weighted by molar-refractivity contribution is 0.315. The Morgan fingerprint density at radius 3 is 2.22 bits per heavy atom. The lowest BCUT2D eigenvalue weighted by Gasteiger charge is -2.23. The smallest absolute Gasteiger partial charge is 0.124 e. The van der Waals surface area contributed by atoms with Gasteiger partial charge in [-0.05, 0) is 55.5 Å². The zero-order chi connectivity index (χ0) is 16.8. The Labute approximate surface area is 141 Å². The monoisotopic (exact) mass is 319 g/mol. The number of aromatic hydroxyl groups is 2. The number of unbranched alkanes of at least 4 members (excludes halogenated alkanes) is 2. The summed E-state index contributed by atoms with van der Waals surface area (Å²) in [5.74, 6) is 1.41. The third-order valence-electron chi connectivity index (χ3n) is 5.45. The molecule has 1 aromatic rings. The van der Waals surface area contributed by atoms with Gasteiger partial charge in [0.25, 0.3) is 0 Å². The molecule has 1 saturated heterocycles. The van der Waals surface area contributed by atoms with Gasteiger partial charge in [-0.2, -0.15) is 0 Å². The molecule has 0 saturated carbocycles. The molecule has 23 heavy (non-hydrogen) atoms. The third kappa shape index (κ3) is 4.87. The predicted octanol–water partition coefficient (Wildman–Crippen LogP) is 5.01. The van der Waals surface area contributed by atoms with E-state index >= 15 is 0 Å². The van der Waals surface area contributed by atoms with E-state index in [2.05, 4.69) is 25.7 Å². The maximum atomic E-state index is 10.4. The molecule has 130 valence electrons. The van der Waals surface area contributed by atoms with Gasteiger partial charge in [0.15, 0.2) is 0 Å². The first-order valence-electron chi connectivity index (χ1n) is 9.30. The molecule has 0 spiro atoms. The van der Waals surface area contributed by atoms with Crippen LogP contribution in [0.2, 0.25) is 0 Å². The number of phenolic OH excluding ortho intramolecular Hbond substituents is 2. The maximum Gasteiger partial charge on any atom is 0.124 e. The van der Waals surface area contributed by atoms with Crippen LogP contribution >= 0.6 is 0 Å². The standard InChI is InChI=1S/C20H33NO2/c1-4-5-6-9-15(2)16(3)17-12-19(22)18(20(23)13-17)14-21-10-7-8-11-21/h12-13,15-16,22-23H,4-11,14H2,1-3H3. The summed E-state index contributed by atoms with van der Waals surface area (Å²) in [6.07, 6.45) is 7.41. The van der Waals surface area contributed by atoms with Gasteiger partial charge in [0, 0.05) is 12.1 Å². The van der Waals surface area contributed by atoms with E-state index in [1.54, 1.807) is 0 Å². The quantitative estimate of drug-likeness (QED) is 0.662. The molecule has 1 heterocycles. The van der Waals surface area contributed by atoms with Crippen LogP contribution in [0, 0.1) is 5.92 Å². The van der Waals surface area contributed by atoms with Crippen LogP contribution in [-0.4, -0.2) is 28.2 Å². The summed E-state index contributed by atoms with van der Waals surface area (Å²) < 4.78 is 0. The van der Waals surface area contributed by atoms with Crippen molar-refractivity contribution in [3.63, 3.8) is 0 Å². The first kappa shape index (κ1) is 18.1. The summed E-state index contributed by atoms with van der Waals surface area (Å²) in [4.78, 5) is 2.30. The van der Waals surface area contributed by atoms with Crippen molar-refractivity contribution in [2.75, 3.05) is 13.1 Å². The minimum Gasteiger partial charge on any atom is -0.507 e. The molecule has 1 fully saturated rings. The van der Waals surface area contributed by atoms with Crippen molar-refractivity contribution in [2.45, 2.75) is 71.8 Å². The normalized spacial score (nSPS) is 18.2. The zero-order valence-corrected chi connectivity index (χ0v) is 15.0. The molecule has 2 rings (SSSR count). The number of rotatable bonds is 8. The van der Waals surface area contributed by atoms with Gasteiger partial charge < -0.3 is 10.2 Å². The largest absolute Gasteiger partial charge is 0.507 e. The average molecular weight is 319 g/mol. The molecule has 0 aromatic heterocycles. The summed E-state index contributed by atoms with van der Waals surface area (Å²) in [6, 6.07) is 3.73. The van der Waals surface area contributed by atoms with Crippen molar-refractivity contribution in [2.24, 2.45) is 5.92 Å². The van der Waals surface area contributed by atoms with Crippen LogP contribution in [0.5, 0.6) is 11.5 Å². The van der Waals surface area contributed by atoms with Crippen molar-refractivity contribution in [3.05, 3.63) is 23.3 Å². The Morgan fingerprint density at radius 1 is 1.04 bits per heavy atom. The van der Waals surface area contributed by atoms with Gasteiger partial charge in [-0.1, -0.05) is 46.5 Å². The van der Waals surface area contributed by atoms with Gasteiger partial charge in [-0.3, -0.25) is 4.90 Å². The van der Waals surface area contributed by atoms with Crippen molar-refractivity contribution < 1.29 is 10.2 Å². The second-order valence-electron chi connectivity index (χ2n) is 7.28. The molecule has 3 heteroatoms. The number of phenols is 2. The first-order valence-corrected chi connectivity index (χ1v) is 9.30. The van der Waals surface area contributed by atoms with Crippen LogP contribution < -0.4 is 0 Å². The molecule has 2 unspecified atom stereocenters. The Morgan fingerprint density at radius 2 is 1.65 bits per heavy atom. The fourth-order valence-electron chi connectivity index (χ4n) is 3.55. The summed E-state index contributed by atoms with van der Waals surface area (Å²) >= 11 is 0. The lowest BCUT2D eigenvalue weighted by atomic mass is 9.85. The number of hydrogen-bond acceptors (Lipinski definition) is 3. The molecule has 0 aliphatic carbocycles. The van der Waals surface area contributed by atoms with E-state index in [0.717, 1.165) is 18.7 Å². The summed E-state index contributed by atoms with van der Waals surface area (Å²) in [5, 5.41) is 20.8. The second kappa shape index (κ2) is 8.58. The Kier molecular flexibility index (Phi) is 6.76. The van der Waals surface area contributed by atoms with Gasteiger partial charge in [0.1, 0.15) is 11.5 Å². The highest BCUT2D eigenvalue weighted by atomic mass is 16.3. The lowest BCUT2D eigenvalue weighted by Crippen LogP contribution is -2.18. The molecule has 2 N–H and O–H groups in total. The van der Waals surface area contributed by atoms with Crippen molar-refractivity contribution >= 4 is 0 Å². The van der Waals surface area contributed by atoms with E-state index in [4.69, 9.17) is 0 Å². The van der Waals surface area contributed by atoms with Gasteiger partial charge in [-0.15, -0.1) is 0 Å². The highest BCUT2D eigenvalue weighted by Crippen LogP contribution is 2.36. The molecule has 0 bridgehead atoms. The topological polar surface area (TPSA) is 43.7 Å². The van der Waals surface area contributed by atoms with Gasteiger partial charge >= 0.3 is 0 Å². The first-order chi connectivity index (χ1) is 11.0. The molecule has 0 amide bonds. The minimum absolute atomic E-state index is 0.250. The average Bonchev–Trinajstić information content (AvgIpc) is 3.03. The molecule has 3 nitrogen and oxygen atoms in total. The summed E-state index contributed by atoms with van der Waals surface area (Å²) in [7, 11) is 0. The molecular formula is C20H33NO2. The number of nitrogens with zero attached hydrogens (tertiary/aromatic N) is 1. The van der Waals surface area contributed by atoms with Gasteiger partial charge in [-0.25, -0.2) is 0 Å². The fraction of sp³-hybridized carbons (Fsp3) is 0.700. The third-order valence-corrected chi connectivity index (χ3v) is 5.45. The van der Waals surface area contributed by atoms with E-state index in [0.29, 0.717) is 23.9 Å². The second-order valence-corrected chi connectivity index (χ2v) is 7.28. The molecular weight excluding hydrogens is 286 g/mol. The van der Waals surface area contributed by atoms with E-state index in [-0.39, 0.29) is 11.5 Å². The highest BCUT2D eigenvalue weighted by molar-refractivity contribution is 5.47. The van der Waals surface area contributed by atoms with Crippen LogP contribution in [0.4, 0.5) is 0 Å². The van der Waals surface area contributed by atoms with E-state index in [1.165, 1.54) is 38.5 Å². The molecule has 1 aliphatic heterocycles. The number of likely N-dealkylation sites (tertiary alicyclic amines) is 1. The molecule has 0 radical (unpaired) electrons. The van der Waals surface area contributed by atoms with Gasteiger partial charge in [0.2, 0.25) is 0 Å². The predicted molar refractivity (Wildman–Crippen MR) is 96.0 cm³/mol. The molecule has 1 aliphatic rings. The summed E-state index contributed by atoms with van der Waals surface area (Å²) in [5.41, 5.74) is 1.73. The van der Waals surface area contributed by atoms with E-state index in [9.17, 15) is 10.2 Å². The molecule has 1 aromatic carbocycles. The Bertz CT molecular complexity index is 471. The van der Waals surface area contributed by atoms with Crippen LogP contribution in [0.25, 0.3) is 0 Å². The Hall–Kier alpha value is -1.22. The SMILES string of the molecule is CCCCCC(C)C(C)c1cc(O)c(CN2CCCC2)c(O)c1. The number of hydrogen-bond donors (Lipinski definition) is 2. The zero-order valence-electron chi connectivity index (χ0n) is 15.0. The Balaban J connectivity index is 2.05.